The van der Waals surface area contributed by atoms with E-state index in [0.29, 0.717) is 0 Å². The highest BCUT2D eigenvalue weighted by molar-refractivity contribution is 6.15. The molecule has 4 heterocycles. The Balaban J connectivity index is 1.42. The molecule has 5 aromatic carbocycles. The van der Waals surface area contributed by atoms with E-state index < -0.39 is 0 Å². The van der Waals surface area contributed by atoms with Gasteiger partial charge in [0.25, 0.3) is 0 Å². The van der Waals surface area contributed by atoms with Crippen molar-refractivity contribution in [2.75, 3.05) is 4.90 Å². The molecule has 0 saturated carbocycles. The van der Waals surface area contributed by atoms with E-state index in [-0.39, 0.29) is 0 Å². The number of nitrogens with one attached hydrogen (secondary N) is 1. The number of benzene rings is 5. The summed E-state index contributed by atoms with van der Waals surface area (Å²) in [6.45, 7) is 0. The summed E-state index contributed by atoms with van der Waals surface area (Å²) in [5.74, 6) is 0.843. The van der Waals surface area contributed by atoms with E-state index >= 15 is 0 Å². The van der Waals surface area contributed by atoms with Crippen LogP contribution in [0.5, 0.6) is 0 Å². The lowest BCUT2D eigenvalue weighted by Gasteiger charge is -2.26. The van der Waals surface area contributed by atoms with Crippen LogP contribution in [0, 0.1) is 0 Å². The molecule has 3 aromatic heterocycles. The lowest BCUT2D eigenvalue weighted by atomic mass is 9.98. The molecule has 206 valence electrons. The Kier molecular flexibility index (Phi) is 5.47. The Hall–Kier alpha value is -6.00. The van der Waals surface area contributed by atoms with Crippen LogP contribution in [0.15, 0.2) is 152 Å². The molecule has 4 heteroatoms. The van der Waals surface area contributed by atoms with Gasteiger partial charge in [0.2, 0.25) is 0 Å². The van der Waals surface area contributed by atoms with E-state index in [1.54, 1.807) is 0 Å². The van der Waals surface area contributed by atoms with Gasteiger partial charge in [0.05, 0.1) is 28.1 Å². The average molecular weight is 563 g/mol. The van der Waals surface area contributed by atoms with E-state index in [4.69, 9.17) is 9.97 Å². The van der Waals surface area contributed by atoms with E-state index in [9.17, 15) is 0 Å². The van der Waals surface area contributed by atoms with Gasteiger partial charge in [-0.3, -0.25) is 4.90 Å². The van der Waals surface area contributed by atoms with Crippen LogP contribution in [0.25, 0.3) is 66.7 Å². The summed E-state index contributed by atoms with van der Waals surface area (Å²) >= 11 is 0. The molecule has 4 nitrogen and oxygen atoms in total. The molecule has 44 heavy (non-hydrogen) atoms. The fourth-order valence-electron chi connectivity index (χ4n) is 6.49. The number of aromatic amines is 1. The summed E-state index contributed by atoms with van der Waals surface area (Å²) in [6.07, 6.45) is 0. The summed E-state index contributed by atoms with van der Waals surface area (Å²) in [6, 6.07) is 53.3. The lowest BCUT2D eigenvalue weighted by molar-refractivity contribution is 1.18. The number of para-hydroxylation sites is 3. The number of H-pyrrole nitrogens is 1. The van der Waals surface area contributed by atoms with Gasteiger partial charge in [0.1, 0.15) is 5.82 Å². The summed E-state index contributed by atoms with van der Waals surface area (Å²) in [4.78, 5) is 16.6. The maximum Gasteiger partial charge on any atom is 0.138 e. The Morgan fingerprint density at radius 3 is 1.73 bits per heavy atom. The van der Waals surface area contributed by atoms with Crippen LogP contribution in [0.2, 0.25) is 0 Å². The van der Waals surface area contributed by atoms with Crippen LogP contribution in [-0.2, 0) is 0 Å². The van der Waals surface area contributed by atoms with E-state index in [1.807, 2.05) is 6.07 Å². The van der Waals surface area contributed by atoms with Crippen molar-refractivity contribution in [2.45, 2.75) is 0 Å². The van der Waals surface area contributed by atoms with Crippen molar-refractivity contribution >= 4 is 39.0 Å². The first kappa shape index (κ1) is 24.6. The Labute approximate surface area is 254 Å². The molecule has 0 fully saturated rings. The van der Waals surface area contributed by atoms with Crippen molar-refractivity contribution in [1.82, 2.24) is 15.0 Å². The molecule has 1 aliphatic heterocycles. The molecule has 0 amide bonds. The van der Waals surface area contributed by atoms with Crippen LogP contribution < -0.4 is 4.90 Å². The first-order chi connectivity index (χ1) is 21.8. The third-order valence-corrected chi connectivity index (χ3v) is 8.53. The van der Waals surface area contributed by atoms with Gasteiger partial charge in [-0.25, -0.2) is 9.97 Å². The molecule has 8 bridgehead atoms. The monoisotopic (exact) mass is 562 g/mol. The van der Waals surface area contributed by atoms with Gasteiger partial charge >= 0.3 is 0 Å². The van der Waals surface area contributed by atoms with Gasteiger partial charge in [0.15, 0.2) is 0 Å². The maximum atomic E-state index is 5.33. The Morgan fingerprint density at radius 1 is 0.409 bits per heavy atom. The number of hydrogen-bond acceptors (Lipinski definition) is 3. The standard InChI is InChI=1S/C40H26N4/c1-3-11-26(12-4-1)27-23-28-25-30(24-27)44(29-13-5-2-6-14-29)38-22-10-21-37(42-38)34-18-8-16-32-31-15-7-17-33(39(31)43-40(32)34)36-20-9-19-35(28)41-36/h1-25,43H. The minimum Gasteiger partial charge on any atom is -0.353 e. The van der Waals surface area contributed by atoms with Gasteiger partial charge in [0, 0.05) is 38.8 Å². The molecule has 8 aromatic rings. The number of pyridine rings is 2. The number of rotatable bonds is 2. The van der Waals surface area contributed by atoms with Gasteiger partial charge in [-0.2, -0.15) is 0 Å². The third-order valence-electron chi connectivity index (χ3n) is 8.53. The predicted octanol–water partition coefficient (Wildman–Crippen LogP) is 10.6. The van der Waals surface area contributed by atoms with Crippen LogP contribution in [0.3, 0.4) is 0 Å². The van der Waals surface area contributed by atoms with Gasteiger partial charge in [-0.15, -0.1) is 0 Å². The molecule has 1 aliphatic rings. The molecule has 0 saturated heterocycles. The van der Waals surface area contributed by atoms with Crippen molar-refractivity contribution in [3.8, 4) is 44.9 Å². The molecular weight excluding hydrogens is 536 g/mol. The highest BCUT2D eigenvalue weighted by Gasteiger charge is 2.20. The second kappa shape index (κ2) is 9.79. The minimum absolute atomic E-state index is 0.843. The maximum absolute atomic E-state index is 5.33. The zero-order valence-corrected chi connectivity index (χ0v) is 23.8. The third kappa shape index (κ3) is 3.92. The predicted molar refractivity (Wildman–Crippen MR) is 181 cm³/mol. The van der Waals surface area contributed by atoms with Crippen molar-refractivity contribution in [2.24, 2.45) is 0 Å². The average Bonchev–Trinajstić information content (AvgIpc) is 3.48. The normalized spacial score (nSPS) is 12.0. The van der Waals surface area contributed by atoms with Crippen molar-refractivity contribution < 1.29 is 0 Å². The minimum atomic E-state index is 0.843. The molecule has 0 unspecified atom stereocenters. The number of nitrogens with zero attached hydrogens (tertiary/aromatic N) is 3. The smallest absolute Gasteiger partial charge is 0.138 e. The van der Waals surface area contributed by atoms with Gasteiger partial charge in [-0.05, 0) is 65.7 Å². The zero-order valence-electron chi connectivity index (χ0n) is 23.8. The largest absolute Gasteiger partial charge is 0.353 e. The molecule has 1 N–H and O–H groups in total. The quantitative estimate of drug-likeness (QED) is 0.228. The molecule has 0 spiro atoms. The SMILES string of the molecule is c1ccc(-c2cc3cc(c2)N(c2ccccc2)c2cccc(n2)-c2cccc4c2[nH]c2c(cccc24)-c2cccc-3n2)cc1. The second-order valence-electron chi connectivity index (χ2n) is 11.2. The van der Waals surface area contributed by atoms with Crippen molar-refractivity contribution in [3.05, 3.63) is 152 Å². The van der Waals surface area contributed by atoms with Gasteiger partial charge in [-0.1, -0.05) is 97.1 Å². The highest BCUT2D eigenvalue weighted by Crippen LogP contribution is 2.41. The van der Waals surface area contributed by atoms with Crippen LogP contribution >= 0.6 is 0 Å². The number of aromatic nitrogens is 3. The summed E-state index contributed by atoms with van der Waals surface area (Å²) < 4.78 is 0. The van der Waals surface area contributed by atoms with E-state index in [2.05, 4.69) is 155 Å². The van der Waals surface area contributed by atoms with Crippen LogP contribution in [0.4, 0.5) is 17.2 Å². The first-order valence-corrected chi connectivity index (χ1v) is 14.8. The summed E-state index contributed by atoms with van der Waals surface area (Å²) in [5, 5.41) is 2.35. The molecule has 0 atom stereocenters. The molecule has 9 rings (SSSR count). The molecule has 0 aliphatic carbocycles. The number of fused-ring (bicyclic) bond motifs is 10. The Morgan fingerprint density at radius 2 is 1.00 bits per heavy atom. The first-order valence-electron chi connectivity index (χ1n) is 14.8. The molecule has 0 radical (unpaired) electrons. The topological polar surface area (TPSA) is 44.8 Å². The van der Waals surface area contributed by atoms with Gasteiger partial charge < -0.3 is 4.98 Å². The van der Waals surface area contributed by atoms with Crippen LogP contribution in [-0.4, -0.2) is 15.0 Å². The fourth-order valence-corrected chi connectivity index (χ4v) is 6.49. The Bertz CT molecular complexity index is 2340. The van der Waals surface area contributed by atoms with Crippen molar-refractivity contribution in [3.63, 3.8) is 0 Å². The fraction of sp³-hybridized carbons (Fsp3) is 0. The summed E-state index contributed by atoms with van der Waals surface area (Å²) in [7, 11) is 0. The van der Waals surface area contributed by atoms with E-state index in [1.165, 1.54) is 10.8 Å². The lowest BCUT2D eigenvalue weighted by Crippen LogP contribution is -2.12. The number of anilines is 3. The second-order valence-corrected chi connectivity index (χ2v) is 11.2. The van der Waals surface area contributed by atoms with Crippen LogP contribution in [0.1, 0.15) is 0 Å². The van der Waals surface area contributed by atoms with Crippen molar-refractivity contribution in [1.29, 1.82) is 0 Å². The summed E-state index contributed by atoms with van der Waals surface area (Å²) in [5.41, 5.74) is 12.4. The zero-order chi connectivity index (χ0) is 29.0. The number of hydrogen-bond donors (Lipinski definition) is 1. The highest BCUT2D eigenvalue weighted by atomic mass is 15.2. The van der Waals surface area contributed by atoms with E-state index in [0.717, 1.165) is 73.1 Å². The molecular formula is C40H26N4.